The molecule has 43 heavy (non-hydrogen) atoms. The number of hydrogen-bond donors (Lipinski definition) is 8. The molecule has 16 nitrogen and oxygen atoms in total. The quantitative estimate of drug-likeness (QED) is 0.0514. The summed E-state index contributed by atoms with van der Waals surface area (Å²) in [5.74, 6) is -1.59. The van der Waals surface area contributed by atoms with Gasteiger partial charge in [0.1, 0.15) is 18.1 Å². The van der Waals surface area contributed by atoms with E-state index in [1.165, 1.54) is 38.3 Å². The molecule has 3 amide bonds. The van der Waals surface area contributed by atoms with E-state index in [1.807, 2.05) is 0 Å². The van der Waals surface area contributed by atoms with Crippen LogP contribution in [-0.4, -0.2) is 74.8 Å². The average Bonchev–Trinajstić information content (AvgIpc) is 2.96. The molecule has 1 atom stereocenters. The summed E-state index contributed by atoms with van der Waals surface area (Å²) >= 11 is 0. The third-order valence-electron chi connectivity index (χ3n) is 5.71. The van der Waals surface area contributed by atoms with Crippen LogP contribution in [0.25, 0.3) is 0 Å². The molecule has 2 aromatic rings. The number of ketones is 1. The number of guanidine groups is 2. The van der Waals surface area contributed by atoms with E-state index in [0.717, 1.165) is 0 Å². The molecule has 0 fully saturated rings. The third kappa shape index (κ3) is 11.6. The number of nitrogens with zero attached hydrogens (tertiary/aromatic N) is 2. The van der Waals surface area contributed by atoms with Crippen molar-refractivity contribution in [2.45, 2.75) is 25.8 Å². The van der Waals surface area contributed by atoms with Crippen molar-refractivity contribution in [3.63, 3.8) is 0 Å². The molecule has 0 spiro atoms. The van der Waals surface area contributed by atoms with E-state index in [-0.39, 0.29) is 47.9 Å². The van der Waals surface area contributed by atoms with Crippen LogP contribution in [0.4, 0.5) is 11.4 Å². The summed E-state index contributed by atoms with van der Waals surface area (Å²) in [6.45, 7) is 1.46. The molecule has 0 aliphatic rings. The van der Waals surface area contributed by atoms with Crippen molar-refractivity contribution in [3.8, 4) is 11.5 Å². The van der Waals surface area contributed by atoms with Crippen LogP contribution < -0.4 is 54.1 Å². The Morgan fingerprint density at radius 2 is 1.47 bits per heavy atom. The van der Waals surface area contributed by atoms with Crippen molar-refractivity contribution in [2.75, 3.05) is 44.0 Å². The average molecular weight is 599 g/mol. The SMILES string of the molecule is COc1ccc(NC(=O)CNC(=O)c2cc(NC(=O)[C@H](N)CCCN=C(N)N)ccc2OCCN=C(N)N)cc1C(C)=O. The lowest BCUT2D eigenvalue weighted by molar-refractivity contribution is -0.117. The monoisotopic (exact) mass is 598 g/mol. The molecule has 0 saturated heterocycles. The summed E-state index contributed by atoms with van der Waals surface area (Å²) in [5.41, 5.74) is 28.1. The smallest absolute Gasteiger partial charge is 0.255 e. The lowest BCUT2D eigenvalue weighted by Gasteiger charge is -2.15. The van der Waals surface area contributed by atoms with Gasteiger partial charge in [-0.1, -0.05) is 0 Å². The fraction of sp³-hybridized carbons (Fsp3) is 0.333. The van der Waals surface area contributed by atoms with Crippen LogP contribution in [0.2, 0.25) is 0 Å². The highest BCUT2D eigenvalue weighted by Crippen LogP contribution is 2.24. The number of anilines is 2. The molecule has 232 valence electrons. The second-order valence-corrected chi connectivity index (χ2v) is 9.11. The Bertz CT molecular complexity index is 1370. The first-order valence-corrected chi connectivity index (χ1v) is 13.1. The van der Waals surface area contributed by atoms with Gasteiger partial charge in [-0.05, 0) is 56.2 Å². The maximum absolute atomic E-state index is 13.1. The van der Waals surface area contributed by atoms with E-state index >= 15 is 0 Å². The molecule has 2 rings (SSSR count). The summed E-state index contributed by atoms with van der Waals surface area (Å²) in [4.78, 5) is 57.9. The van der Waals surface area contributed by atoms with Crippen LogP contribution in [0, 0.1) is 0 Å². The highest BCUT2D eigenvalue weighted by molar-refractivity contribution is 6.03. The summed E-state index contributed by atoms with van der Waals surface area (Å²) in [7, 11) is 1.43. The summed E-state index contributed by atoms with van der Waals surface area (Å²) in [6.07, 6.45) is 0.802. The Morgan fingerprint density at radius 1 is 0.860 bits per heavy atom. The number of nitrogens with two attached hydrogens (primary N) is 5. The van der Waals surface area contributed by atoms with Gasteiger partial charge in [0.05, 0.1) is 37.4 Å². The van der Waals surface area contributed by atoms with E-state index < -0.39 is 30.3 Å². The lowest BCUT2D eigenvalue weighted by Crippen LogP contribution is -2.36. The highest BCUT2D eigenvalue weighted by atomic mass is 16.5. The van der Waals surface area contributed by atoms with Crippen molar-refractivity contribution < 1.29 is 28.7 Å². The maximum Gasteiger partial charge on any atom is 0.255 e. The normalized spacial score (nSPS) is 11.0. The number of hydrogen-bond acceptors (Lipinski definition) is 9. The molecule has 13 N–H and O–H groups in total. The van der Waals surface area contributed by atoms with Gasteiger partial charge in [-0.2, -0.15) is 0 Å². The van der Waals surface area contributed by atoms with Gasteiger partial charge in [-0.3, -0.25) is 29.2 Å². The van der Waals surface area contributed by atoms with Crippen LogP contribution in [0.1, 0.15) is 40.5 Å². The molecule has 0 radical (unpaired) electrons. The van der Waals surface area contributed by atoms with Gasteiger partial charge in [-0.15, -0.1) is 0 Å². The number of nitrogens with one attached hydrogen (secondary N) is 3. The number of carbonyl (C=O) groups is 4. The zero-order valence-electron chi connectivity index (χ0n) is 24.0. The Kier molecular flexibility index (Phi) is 13.2. The van der Waals surface area contributed by atoms with Crippen molar-refractivity contribution in [3.05, 3.63) is 47.5 Å². The van der Waals surface area contributed by atoms with Gasteiger partial charge in [-0.25, -0.2) is 0 Å². The van der Waals surface area contributed by atoms with E-state index in [0.29, 0.717) is 36.4 Å². The Balaban J connectivity index is 2.12. The van der Waals surface area contributed by atoms with Crippen LogP contribution >= 0.6 is 0 Å². The Labute approximate surface area is 248 Å². The van der Waals surface area contributed by atoms with Gasteiger partial charge in [0.15, 0.2) is 17.7 Å². The molecule has 16 heteroatoms. The third-order valence-corrected chi connectivity index (χ3v) is 5.71. The maximum atomic E-state index is 13.1. The van der Waals surface area contributed by atoms with E-state index in [1.54, 1.807) is 12.1 Å². The van der Waals surface area contributed by atoms with Gasteiger partial charge >= 0.3 is 0 Å². The molecule has 0 aliphatic carbocycles. The van der Waals surface area contributed by atoms with E-state index in [2.05, 4.69) is 25.9 Å². The first-order valence-electron chi connectivity index (χ1n) is 13.1. The van der Waals surface area contributed by atoms with E-state index in [4.69, 9.17) is 38.1 Å². The molecule has 0 saturated carbocycles. The van der Waals surface area contributed by atoms with Crippen LogP contribution in [0.5, 0.6) is 11.5 Å². The van der Waals surface area contributed by atoms with Crippen LogP contribution in [0.3, 0.4) is 0 Å². The molecular weight excluding hydrogens is 560 g/mol. The van der Waals surface area contributed by atoms with Crippen molar-refractivity contribution in [1.29, 1.82) is 0 Å². The van der Waals surface area contributed by atoms with Crippen molar-refractivity contribution in [2.24, 2.45) is 38.7 Å². The van der Waals surface area contributed by atoms with E-state index in [9.17, 15) is 19.2 Å². The molecule has 0 aliphatic heterocycles. The van der Waals surface area contributed by atoms with Crippen LogP contribution in [-0.2, 0) is 9.59 Å². The minimum absolute atomic E-state index is 0.0277. The first kappa shape index (κ1) is 33.8. The van der Waals surface area contributed by atoms with Gasteiger partial charge in [0.25, 0.3) is 5.91 Å². The summed E-state index contributed by atoms with van der Waals surface area (Å²) < 4.78 is 10.8. The minimum Gasteiger partial charge on any atom is -0.496 e. The van der Waals surface area contributed by atoms with Crippen molar-refractivity contribution >= 4 is 46.8 Å². The summed E-state index contributed by atoms with van der Waals surface area (Å²) in [6, 6.07) is 8.12. The number of benzene rings is 2. The molecule has 0 bridgehead atoms. The van der Waals surface area contributed by atoms with Gasteiger partial charge in [0.2, 0.25) is 11.8 Å². The molecule has 0 unspecified atom stereocenters. The van der Waals surface area contributed by atoms with Crippen LogP contribution in [0.15, 0.2) is 46.4 Å². The molecule has 0 aromatic heterocycles. The minimum atomic E-state index is -0.854. The number of amides is 3. The predicted molar refractivity (Wildman–Crippen MR) is 163 cm³/mol. The zero-order valence-corrected chi connectivity index (χ0v) is 24.0. The highest BCUT2D eigenvalue weighted by Gasteiger charge is 2.18. The fourth-order valence-corrected chi connectivity index (χ4v) is 3.65. The molecule has 0 heterocycles. The number of methoxy groups -OCH3 is 1. The standard InChI is InChI=1S/C27H38N10O6/c1-15(38)18-12-16(5-7-21(18)42-2)36-23(39)14-35-24(40)19-13-17(6-8-22(19)43-11-10-34-27(31)32)37-25(41)20(28)4-3-9-33-26(29)30/h5-8,12-13,20H,3-4,9-11,14,28H2,1-2H3,(H,35,40)(H,36,39)(H,37,41)(H4,29,30,33)(H4,31,32,34)/t20-/m1/s1. The van der Waals surface area contributed by atoms with Gasteiger partial charge in [0, 0.05) is 17.9 Å². The zero-order chi connectivity index (χ0) is 31.9. The Morgan fingerprint density at radius 3 is 2.09 bits per heavy atom. The molecular formula is C27H38N10O6. The largest absolute Gasteiger partial charge is 0.496 e. The summed E-state index contributed by atoms with van der Waals surface area (Å²) in [5, 5.41) is 7.79. The second-order valence-electron chi connectivity index (χ2n) is 9.11. The van der Waals surface area contributed by atoms with Gasteiger partial charge < -0.3 is 54.1 Å². The number of rotatable bonds is 16. The number of carbonyl (C=O) groups excluding carboxylic acids is 4. The fourth-order valence-electron chi connectivity index (χ4n) is 3.65. The number of aliphatic imine (C=N–C) groups is 2. The number of ether oxygens (including phenoxy) is 2. The topological polar surface area (TPSA) is 278 Å². The van der Waals surface area contributed by atoms with Crippen molar-refractivity contribution in [1.82, 2.24) is 5.32 Å². The molecule has 2 aromatic carbocycles. The second kappa shape index (κ2) is 16.8. The number of Topliss-reactive ketones (excluding diaryl/α,β-unsaturated/α-hetero) is 1. The first-order chi connectivity index (χ1) is 20.4. The predicted octanol–water partition coefficient (Wildman–Crippen LogP) is -0.762. The lowest BCUT2D eigenvalue weighted by atomic mass is 10.1. The Hall–Kier alpha value is -5.38.